The molecule has 9 heteroatoms. The lowest BCUT2D eigenvalue weighted by molar-refractivity contribution is -0.142. The number of rotatable bonds is 6. The second kappa shape index (κ2) is 9.30. The summed E-state index contributed by atoms with van der Waals surface area (Å²) in [5.41, 5.74) is 0.372. The summed E-state index contributed by atoms with van der Waals surface area (Å²) in [5.74, 6) is 0.953. The average molecular weight is 409 g/mol. The second-order valence-corrected chi connectivity index (χ2v) is 7.18. The van der Waals surface area contributed by atoms with E-state index in [1.807, 2.05) is 30.3 Å². The molecular formula is C20H26F3N5O. The molecule has 1 N–H and O–H groups in total. The zero-order valence-corrected chi connectivity index (χ0v) is 16.6. The number of hydrogen-bond acceptors (Lipinski definition) is 3. The maximum atomic E-state index is 13.1. The molecule has 1 saturated heterocycles. The van der Waals surface area contributed by atoms with Crippen molar-refractivity contribution in [2.24, 2.45) is 18.0 Å². The fourth-order valence-electron chi connectivity index (χ4n) is 3.49. The maximum Gasteiger partial charge on any atom is 0.435 e. The molecule has 0 amide bonds. The first-order valence-corrected chi connectivity index (χ1v) is 9.53. The molecule has 0 saturated carbocycles. The molecule has 1 aliphatic rings. The Hall–Kier alpha value is -2.55. The van der Waals surface area contributed by atoms with Gasteiger partial charge in [-0.15, -0.1) is 0 Å². The Labute approximate surface area is 168 Å². The van der Waals surface area contributed by atoms with E-state index in [9.17, 15) is 13.2 Å². The van der Waals surface area contributed by atoms with Gasteiger partial charge < -0.3 is 15.0 Å². The summed E-state index contributed by atoms with van der Waals surface area (Å²) >= 11 is 0. The Morgan fingerprint density at radius 3 is 2.76 bits per heavy atom. The quantitative estimate of drug-likeness (QED) is 0.589. The summed E-state index contributed by atoms with van der Waals surface area (Å²) in [5, 5.41) is 6.57. The first-order valence-electron chi connectivity index (χ1n) is 9.53. The largest absolute Gasteiger partial charge is 0.435 e. The van der Waals surface area contributed by atoms with Crippen LogP contribution in [0, 0.1) is 5.92 Å². The molecule has 0 spiro atoms. The van der Waals surface area contributed by atoms with Crippen molar-refractivity contribution in [2.75, 3.05) is 26.7 Å². The van der Waals surface area contributed by atoms with Crippen LogP contribution in [0.4, 0.5) is 13.2 Å². The molecule has 1 aromatic carbocycles. The third-order valence-electron chi connectivity index (χ3n) is 4.87. The highest BCUT2D eigenvalue weighted by atomic mass is 19.4. The lowest BCUT2D eigenvalue weighted by atomic mass is 10.1. The molecule has 158 valence electrons. The summed E-state index contributed by atoms with van der Waals surface area (Å²) < 4.78 is 46.3. The van der Waals surface area contributed by atoms with Gasteiger partial charge in [0.2, 0.25) is 0 Å². The first kappa shape index (κ1) is 21.2. The van der Waals surface area contributed by atoms with Crippen LogP contribution in [-0.4, -0.2) is 47.4 Å². The van der Waals surface area contributed by atoms with Crippen LogP contribution in [0.2, 0.25) is 0 Å². The molecule has 1 aliphatic heterocycles. The van der Waals surface area contributed by atoms with Crippen LogP contribution in [0.25, 0.3) is 0 Å². The van der Waals surface area contributed by atoms with E-state index in [-0.39, 0.29) is 12.1 Å². The molecule has 0 bridgehead atoms. The van der Waals surface area contributed by atoms with Gasteiger partial charge in [0.25, 0.3) is 0 Å². The topological polar surface area (TPSA) is 54.7 Å². The molecule has 3 rings (SSSR count). The van der Waals surface area contributed by atoms with E-state index in [4.69, 9.17) is 4.74 Å². The number of likely N-dealkylation sites (tertiary alicyclic amines) is 1. The van der Waals surface area contributed by atoms with Crippen molar-refractivity contribution in [2.45, 2.75) is 25.7 Å². The Balaban J connectivity index is 1.49. The minimum Gasteiger partial charge on any atom is -0.376 e. The third kappa shape index (κ3) is 5.72. The van der Waals surface area contributed by atoms with E-state index in [2.05, 4.69) is 20.3 Å². The normalized spacial score (nSPS) is 17.8. The summed E-state index contributed by atoms with van der Waals surface area (Å²) in [4.78, 5) is 6.28. The van der Waals surface area contributed by atoms with Crippen LogP contribution >= 0.6 is 0 Å². The minimum absolute atomic E-state index is 0.0149. The molecule has 1 unspecified atom stereocenters. The lowest BCUT2D eigenvalue weighted by Crippen LogP contribution is -2.40. The number of halogens is 3. The van der Waals surface area contributed by atoms with Crippen LogP contribution < -0.4 is 5.32 Å². The second-order valence-electron chi connectivity index (χ2n) is 7.18. The smallest absolute Gasteiger partial charge is 0.376 e. The number of alkyl halides is 3. The van der Waals surface area contributed by atoms with Gasteiger partial charge in [-0.2, -0.15) is 18.3 Å². The highest BCUT2D eigenvalue weighted by molar-refractivity contribution is 5.80. The molecule has 1 atom stereocenters. The van der Waals surface area contributed by atoms with Crippen molar-refractivity contribution >= 4 is 5.96 Å². The molecular weight excluding hydrogens is 383 g/mol. The van der Waals surface area contributed by atoms with E-state index >= 15 is 0 Å². The summed E-state index contributed by atoms with van der Waals surface area (Å²) in [6.45, 7) is 2.78. The van der Waals surface area contributed by atoms with Gasteiger partial charge in [-0.3, -0.25) is 9.67 Å². The van der Waals surface area contributed by atoms with E-state index in [0.717, 1.165) is 25.1 Å². The zero-order valence-electron chi connectivity index (χ0n) is 16.6. The van der Waals surface area contributed by atoms with Gasteiger partial charge in [0.05, 0.1) is 13.2 Å². The SMILES string of the molecule is CN=C(NCc1cn(C)nc1C(F)(F)F)N1CCC(COCc2ccccc2)C1. The first-order chi connectivity index (χ1) is 13.9. The Kier molecular flexibility index (Phi) is 6.79. The van der Waals surface area contributed by atoms with Crippen molar-refractivity contribution in [3.8, 4) is 0 Å². The highest BCUT2D eigenvalue weighted by Crippen LogP contribution is 2.30. The Morgan fingerprint density at radius 1 is 1.31 bits per heavy atom. The molecule has 29 heavy (non-hydrogen) atoms. The summed E-state index contributed by atoms with van der Waals surface area (Å²) in [6, 6.07) is 10.00. The van der Waals surface area contributed by atoms with Crippen molar-refractivity contribution in [3.05, 3.63) is 53.3 Å². The van der Waals surface area contributed by atoms with Crippen LogP contribution in [0.15, 0.2) is 41.5 Å². The van der Waals surface area contributed by atoms with Gasteiger partial charge in [-0.25, -0.2) is 0 Å². The number of nitrogens with one attached hydrogen (secondary N) is 1. The number of hydrogen-bond donors (Lipinski definition) is 1. The number of guanidine groups is 1. The van der Waals surface area contributed by atoms with Crippen molar-refractivity contribution in [1.29, 1.82) is 0 Å². The van der Waals surface area contributed by atoms with E-state index < -0.39 is 11.9 Å². The fourth-order valence-corrected chi connectivity index (χ4v) is 3.49. The van der Waals surface area contributed by atoms with Gasteiger partial charge in [-0.05, 0) is 12.0 Å². The predicted molar refractivity (Wildman–Crippen MR) is 104 cm³/mol. The van der Waals surface area contributed by atoms with Crippen molar-refractivity contribution < 1.29 is 17.9 Å². The molecule has 1 fully saturated rings. The van der Waals surface area contributed by atoms with Crippen LogP contribution in [0.1, 0.15) is 23.2 Å². The zero-order chi connectivity index (χ0) is 20.9. The molecule has 2 heterocycles. The minimum atomic E-state index is -4.48. The van der Waals surface area contributed by atoms with E-state index in [1.165, 1.54) is 17.9 Å². The number of aromatic nitrogens is 2. The van der Waals surface area contributed by atoms with Gasteiger partial charge in [0, 0.05) is 51.4 Å². The average Bonchev–Trinajstić information content (AvgIpc) is 3.30. The summed E-state index contributed by atoms with van der Waals surface area (Å²) in [7, 11) is 3.11. The molecule has 0 radical (unpaired) electrons. The maximum absolute atomic E-state index is 13.1. The Bertz CT molecular complexity index is 819. The van der Waals surface area contributed by atoms with E-state index in [0.29, 0.717) is 25.1 Å². The number of benzene rings is 1. The lowest BCUT2D eigenvalue weighted by Gasteiger charge is -2.22. The van der Waals surface area contributed by atoms with Gasteiger partial charge in [-0.1, -0.05) is 30.3 Å². The van der Waals surface area contributed by atoms with Crippen LogP contribution in [0.3, 0.4) is 0 Å². The monoisotopic (exact) mass is 409 g/mol. The standard InChI is InChI=1S/C20H26F3N5O/c1-24-19(25-10-17-12-27(2)26-18(17)20(21,22)23)28-9-8-16(11-28)14-29-13-15-6-4-3-5-7-15/h3-7,12,16H,8-11,13-14H2,1-2H3,(H,24,25). The van der Waals surface area contributed by atoms with Crippen LogP contribution in [-0.2, 0) is 31.1 Å². The fraction of sp³-hybridized carbons (Fsp3) is 0.500. The van der Waals surface area contributed by atoms with Gasteiger partial charge in [0.15, 0.2) is 11.7 Å². The number of nitrogens with zero attached hydrogens (tertiary/aromatic N) is 4. The van der Waals surface area contributed by atoms with Crippen molar-refractivity contribution in [3.63, 3.8) is 0 Å². The number of aliphatic imine (C=N–C) groups is 1. The number of ether oxygens (including phenoxy) is 1. The molecule has 0 aliphatic carbocycles. The number of aryl methyl sites for hydroxylation is 1. The van der Waals surface area contributed by atoms with Crippen LogP contribution in [0.5, 0.6) is 0 Å². The molecule has 6 nitrogen and oxygen atoms in total. The third-order valence-corrected chi connectivity index (χ3v) is 4.87. The predicted octanol–water partition coefficient (Wildman–Crippen LogP) is 3.05. The highest BCUT2D eigenvalue weighted by Gasteiger charge is 2.37. The molecule has 2 aromatic rings. The molecule has 1 aromatic heterocycles. The van der Waals surface area contributed by atoms with Gasteiger partial charge >= 0.3 is 6.18 Å². The Morgan fingerprint density at radius 2 is 2.07 bits per heavy atom. The summed E-state index contributed by atoms with van der Waals surface area (Å²) in [6.07, 6.45) is -2.14. The van der Waals surface area contributed by atoms with E-state index in [1.54, 1.807) is 7.05 Å². The van der Waals surface area contributed by atoms with Crippen molar-refractivity contribution in [1.82, 2.24) is 20.0 Å². The van der Waals surface area contributed by atoms with Gasteiger partial charge in [0.1, 0.15) is 0 Å².